The Balaban J connectivity index is 1.62. The number of H-pyrrole nitrogens is 2. The highest BCUT2D eigenvalue weighted by Gasteiger charge is 2.30. The third-order valence-electron chi connectivity index (χ3n) is 4.58. The van der Waals surface area contributed by atoms with Crippen molar-refractivity contribution in [1.82, 2.24) is 19.9 Å². The fraction of sp³-hybridized carbons (Fsp3) is 0.353. The van der Waals surface area contributed by atoms with E-state index in [9.17, 15) is 9.59 Å². The molecule has 4 rings (SSSR count). The number of ether oxygens (including phenoxy) is 1. The molecule has 26 heavy (non-hydrogen) atoms. The van der Waals surface area contributed by atoms with Crippen LogP contribution in [0.5, 0.6) is 5.75 Å². The van der Waals surface area contributed by atoms with E-state index in [0.29, 0.717) is 29.0 Å². The van der Waals surface area contributed by atoms with E-state index in [-0.39, 0.29) is 17.8 Å². The number of urea groups is 1. The number of piperidine rings is 1. The molecule has 1 atom stereocenters. The second-order valence-corrected chi connectivity index (χ2v) is 7.11. The number of hydrogen-bond acceptors (Lipinski definition) is 5. The van der Waals surface area contributed by atoms with Crippen LogP contribution in [-0.2, 0) is 0 Å². The summed E-state index contributed by atoms with van der Waals surface area (Å²) in [5, 5.41) is 5.81. The molecule has 1 fully saturated rings. The van der Waals surface area contributed by atoms with Gasteiger partial charge in [0.25, 0.3) is 0 Å². The number of anilines is 1. The van der Waals surface area contributed by atoms with Crippen LogP contribution in [-0.4, -0.2) is 39.5 Å². The lowest BCUT2D eigenvalue weighted by Gasteiger charge is -2.34. The van der Waals surface area contributed by atoms with Crippen molar-refractivity contribution in [3.05, 3.63) is 39.2 Å². The fourth-order valence-corrected chi connectivity index (χ4v) is 4.13. The minimum absolute atomic E-state index is 0.00876. The average molecular weight is 373 g/mol. The monoisotopic (exact) mass is 373 g/mol. The second-order valence-electron chi connectivity index (χ2n) is 6.18. The summed E-state index contributed by atoms with van der Waals surface area (Å²) in [6.07, 6.45) is 4.72. The van der Waals surface area contributed by atoms with Crippen LogP contribution in [0.4, 0.5) is 10.5 Å². The highest BCUT2D eigenvalue weighted by Crippen LogP contribution is 2.34. The van der Waals surface area contributed by atoms with Gasteiger partial charge in [-0.15, -0.1) is 11.3 Å². The summed E-state index contributed by atoms with van der Waals surface area (Å²) >= 11 is 1.57. The molecule has 1 aliphatic rings. The number of carbonyl (C=O) groups excluding carboxylic acids is 1. The molecule has 2 aromatic heterocycles. The number of rotatable bonds is 3. The van der Waals surface area contributed by atoms with Gasteiger partial charge in [0.05, 0.1) is 29.9 Å². The minimum Gasteiger partial charge on any atom is -0.494 e. The van der Waals surface area contributed by atoms with Crippen molar-refractivity contribution < 1.29 is 9.53 Å². The Morgan fingerprint density at radius 3 is 2.88 bits per heavy atom. The van der Waals surface area contributed by atoms with Crippen LogP contribution >= 0.6 is 11.3 Å². The minimum atomic E-state index is -0.301. The number of aromatic nitrogens is 3. The second kappa shape index (κ2) is 6.83. The van der Waals surface area contributed by atoms with Gasteiger partial charge >= 0.3 is 11.7 Å². The SMILES string of the molecule is COc1cc2[nH]c(=O)[nH]c2cc1NC(=O)N1CCCC[C@@H]1c1nccs1. The Hall–Kier alpha value is -2.81. The molecule has 8 nitrogen and oxygen atoms in total. The first-order valence-corrected chi connectivity index (χ1v) is 9.30. The number of aromatic amines is 2. The zero-order chi connectivity index (χ0) is 18.1. The van der Waals surface area contributed by atoms with Gasteiger partial charge in [0, 0.05) is 24.2 Å². The van der Waals surface area contributed by atoms with Gasteiger partial charge in [0.1, 0.15) is 10.8 Å². The van der Waals surface area contributed by atoms with Gasteiger partial charge < -0.3 is 24.9 Å². The van der Waals surface area contributed by atoms with E-state index in [0.717, 1.165) is 24.3 Å². The number of nitrogens with zero attached hydrogens (tertiary/aromatic N) is 2. The molecule has 2 amide bonds. The quantitative estimate of drug-likeness (QED) is 0.656. The lowest BCUT2D eigenvalue weighted by Crippen LogP contribution is -2.41. The topological polar surface area (TPSA) is 103 Å². The summed E-state index contributed by atoms with van der Waals surface area (Å²) in [5.41, 5.74) is 1.46. The number of amides is 2. The van der Waals surface area contributed by atoms with Gasteiger partial charge in [-0.3, -0.25) is 0 Å². The first kappa shape index (κ1) is 16.6. The third kappa shape index (κ3) is 3.05. The van der Waals surface area contributed by atoms with Crippen LogP contribution in [0, 0.1) is 0 Å². The predicted octanol–water partition coefficient (Wildman–Crippen LogP) is 3.08. The van der Waals surface area contributed by atoms with Crippen molar-refractivity contribution in [3.63, 3.8) is 0 Å². The Morgan fingerprint density at radius 2 is 2.15 bits per heavy atom. The summed E-state index contributed by atoms with van der Waals surface area (Å²) < 4.78 is 5.37. The molecule has 9 heteroatoms. The predicted molar refractivity (Wildman–Crippen MR) is 99.9 cm³/mol. The number of carbonyl (C=O) groups is 1. The van der Waals surface area contributed by atoms with Gasteiger partial charge in [-0.2, -0.15) is 0 Å². The summed E-state index contributed by atoms with van der Waals surface area (Å²) in [5.74, 6) is 0.490. The van der Waals surface area contributed by atoms with E-state index in [4.69, 9.17) is 4.74 Å². The lowest BCUT2D eigenvalue weighted by molar-refractivity contribution is 0.163. The molecule has 3 heterocycles. The van der Waals surface area contributed by atoms with E-state index in [1.807, 2.05) is 10.3 Å². The lowest BCUT2D eigenvalue weighted by atomic mass is 10.0. The number of thiazole rings is 1. The van der Waals surface area contributed by atoms with Crippen molar-refractivity contribution >= 4 is 34.1 Å². The van der Waals surface area contributed by atoms with Gasteiger partial charge in [-0.05, 0) is 25.3 Å². The molecule has 0 spiro atoms. The zero-order valence-corrected chi connectivity index (χ0v) is 15.1. The molecule has 0 unspecified atom stereocenters. The molecule has 0 aliphatic carbocycles. The van der Waals surface area contributed by atoms with Gasteiger partial charge in [-0.1, -0.05) is 0 Å². The van der Waals surface area contributed by atoms with Crippen molar-refractivity contribution in [2.24, 2.45) is 0 Å². The Morgan fingerprint density at radius 1 is 1.35 bits per heavy atom. The van der Waals surface area contributed by atoms with Crippen molar-refractivity contribution in [2.45, 2.75) is 25.3 Å². The molecule has 1 aliphatic heterocycles. The number of likely N-dealkylation sites (tertiary alicyclic amines) is 1. The smallest absolute Gasteiger partial charge is 0.323 e. The molecule has 0 bridgehead atoms. The summed E-state index contributed by atoms with van der Waals surface area (Å²) in [6.45, 7) is 0.682. The van der Waals surface area contributed by atoms with Gasteiger partial charge in [0.15, 0.2) is 0 Å². The highest BCUT2D eigenvalue weighted by molar-refractivity contribution is 7.09. The van der Waals surface area contributed by atoms with Crippen LogP contribution in [0.25, 0.3) is 11.0 Å². The Kier molecular flexibility index (Phi) is 4.37. The Labute approximate surface area is 153 Å². The van der Waals surface area contributed by atoms with E-state index in [1.54, 1.807) is 29.7 Å². The van der Waals surface area contributed by atoms with E-state index in [1.165, 1.54) is 7.11 Å². The van der Waals surface area contributed by atoms with Gasteiger partial charge in [0.2, 0.25) is 0 Å². The number of methoxy groups -OCH3 is 1. The normalized spacial score (nSPS) is 17.4. The summed E-state index contributed by atoms with van der Waals surface area (Å²) in [6, 6.07) is 3.19. The zero-order valence-electron chi connectivity index (χ0n) is 14.2. The standard InChI is InChI=1S/C17H19N5O3S/c1-25-14-9-11-10(19-16(23)20-11)8-12(14)21-17(24)22-6-3-2-4-13(22)15-18-5-7-26-15/h5,7-9,13H,2-4,6H2,1H3,(H,21,24)(H2,19,20,23)/t13-/m1/s1. The van der Waals surface area contributed by atoms with Crippen LogP contribution in [0.15, 0.2) is 28.5 Å². The number of benzene rings is 1. The molecule has 3 N–H and O–H groups in total. The van der Waals surface area contributed by atoms with Crippen LogP contribution in [0.3, 0.4) is 0 Å². The van der Waals surface area contributed by atoms with Crippen molar-refractivity contribution in [2.75, 3.05) is 19.0 Å². The van der Waals surface area contributed by atoms with Crippen molar-refractivity contribution in [1.29, 1.82) is 0 Å². The van der Waals surface area contributed by atoms with E-state index in [2.05, 4.69) is 20.3 Å². The fourth-order valence-electron chi connectivity index (χ4n) is 3.35. The maximum atomic E-state index is 12.9. The van der Waals surface area contributed by atoms with Crippen LogP contribution in [0.2, 0.25) is 0 Å². The van der Waals surface area contributed by atoms with Crippen LogP contribution in [0.1, 0.15) is 30.3 Å². The molecule has 0 radical (unpaired) electrons. The largest absolute Gasteiger partial charge is 0.494 e. The van der Waals surface area contributed by atoms with E-state index < -0.39 is 0 Å². The summed E-state index contributed by atoms with van der Waals surface area (Å²) in [4.78, 5) is 36.0. The first-order chi connectivity index (χ1) is 12.7. The third-order valence-corrected chi connectivity index (χ3v) is 5.45. The van der Waals surface area contributed by atoms with Crippen molar-refractivity contribution in [3.8, 4) is 5.75 Å². The average Bonchev–Trinajstić information content (AvgIpc) is 3.29. The molecule has 1 saturated heterocycles. The number of hydrogen-bond donors (Lipinski definition) is 3. The number of imidazole rings is 1. The van der Waals surface area contributed by atoms with Crippen LogP contribution < -0.4 is 15.7 Å². The molecule has 0 saturated carbocycles. The van der Waals surface area contributed by atoms with Gasteiger partial charge in [-0.25, -0.2) is 14.6 Å². The molecular weight excluding hydrogens is 354 g/mol. The Bertz CT molecular complexity index is 978. The van der Waals surface area contributed by atoms with E-state index >= 15 is 0 Å². The maximum Gasteiger partial charge on any atom is 0.323 e. The highest BCUT2D eigenvalue weighted by atomic mass is 32.1. The molecular formula is C17H19N5O3S. The molecule has 3 aromatic rings. The maximum absolute atomic E-state index is 12.9. The molecule has 1 aromatic carbocycles. The number of nitrogens with one attached hydrogen (secondary N) is 3. The molecule has 136 valence electrons. The summed E-state index contributed by atoms with van der Waals surface area (Å²) in [7, 11) is 1.53. The first-order valence-electron chi connectivity index (χ1n) is 8.43. The number of fused-ring (bicyclic) bond motifs is 1.